The lowest BCUT2D eigenvalue weighted by atomic mass is 10.1. The maximum absolute atomic E-state index is 5.54. The van der Waals surface area contributed by atoms with Gasteiger partial charge in [0, 0.05) is 39.2 Å². The molecule has 1 atom stereocenters. The third-order valence-corrected chi connectivity index (χ3v) is 4.23. The van der Waals surface area contributed by atoms with E-state index < -0.39 is 0 Å². The molecule has 4 nitrogen and oxygen atoms in total. The van der Waals surface area contributed by atoms with E-state index in [0.29, 0.717) is 6.04 Å². The molecule has 2 heterocycles. The molecular formula is C16H24N2O2. The quantitative estimate of drug-likeness (QED) is 0.852. The van der Waals surface area contributed by atoms with Crippen LogP contribution in [0.4, 0.5) is 0 Å². The van der Waals surface area contributed by atoms with Gasteiger partial charge in [0.25, 0.3) is 0 Å². The molecule has 0 saturated carbocycles. The third-order valence-electron chi connectivity index (χ3n) is 4.23. The smallest absolute Gasteiger partial charge is 0.122 e. The zero-order chi connectivity index (χ0) is 13.8. The topological polar surface area (TPSA) is 33.7 Å². The monoisotopic (exact) mass is 276 g/mol. The highest BCUT2D eigenvalue weighted by molar-refractivity contribution is 5.39. The number of methoxy groups -OCH3 is 1. The molecule has 0 spiro atoms. The second kappa shape index (κ2) is 6.57. The number of likely N-dealkylation sites (tertiary alicyclic amines) is 1. The van der Waals surface area contributed by atoms with E-state index in [-0.39, 0.29) is 0 Å². The molecule has 3 rings (SSSR count). The van der Waals surface area contributed by atoms with Crippen LogP contribution in [0.15, 0.2) is 18.2 Å². The highest BCUT2D eigenvalue weighted by Gasteiger charge is 2.21. The Kier molecular flexibility index (Phi) is 4.55. The molecule has 1 saturated heterocycles. The van der Waals surface area contributed by atoms with E-state index in [9.17, 15) is 0 Å². The zero-order valence-electron chi connectivity index (χ0n) is 12.2. The van der Waals surface area contributed by atoms with Gasteiger partial charge in [-0.15, -0.1) is 0 Å². The van der Waals surface area contributed by atoms with Crippen molar-refractivity contribution in [1.82, 2.24) is 10.2 Å². The summed E-state index contributed by atoms with van der Waals surface area (Å²) in [6.07, 6.45) is 2.29. The lowest BCUT2D eigenvalue weighted by molar-refractivity contribution is 0.159. The summed E-state index contributed by atoms with van der Waals surface area (Å²) in [5.41, 5.74) is 2.72. The van der Waals surface area contributed by atoms with Gasteiger partial charge >= 0.3 is 0 Å². The molecule has 0 radical (unpaired) electrons. The van der Waals surface area contributed by atoms with E-state index in [4.69, 9.17) is 9.47 Å². The Labute approximate surface area is 121 Å². The second-order valence-electron chi connectivity index (χ2n) is 5.70. The lowest BCUT2D eigenvalue weighted by Gasteiger charge is -2.16. The number of rotatable bonds is 6. The van der Waals surface area contributed by atoms with Crippen molar-refractivity contribution in [2.75, 3.05) is 40.0 Å². The maximum atomic E-state index is 5.54. The molecular weight excluding hydrogens is 252 g/mol. The molecule has 2 aliphatic heterocycles. The summed E-state index contributed by atoms with van der Waals surface area (Å²) in [6, 6.07) is 7.18. The SMILES string of the molecule is COCCN1CCC(NCc2ccc3c(c2)CCO3)C1. The minimum absolute atomic E-state index is 0.608. The fraction of sp³-hybridized carbons (Fsp3) is 0.625. The lowest BCUT2D eigenvalue weighted by Crippen LogP contribution is -2.33. The normalized spacial score (nSPS) is 21.9. The van der Waals surface area contributed by atoms with Gasteiger partial charge in [0.2, 0.25) is 0 Å². The molecule has 0 amide bonds. The highest BCUT2D eigenvalue weighted by atomic mass is 16.5. The Bertz CT molecular complexity index is 450. The predicted octanol–water partition coefficient (Wildman–Crippen LogP) is 1.43. The fourth-order valence-corrected chi connectivity index (χ4v) is 3.03. The van der Waals surface area contributed by atoms with E-state index >= 15 is 0 Å². The van der Waals surface area contributed by atoms with E-state index in [2.05, 4.69) is 28.4 Å². The van der Waals surface area contributed by atoms with E-state index in [0.717, 1.165) is 45.0 Å². The van der Waals surface area contributed by atoms with Crippen LogP contribution >= 0.6 is 0 Å². The summed E-state index contributed by atoms with van der Waals surface area (Å²) in [7, 11) is 1.77. The minimum atomic E-state index is 0.608. The molecule has 20 heavy (non-hydrogen) atoms. The molecule has 1 fully saturated rings. The molecule has 1 aromatic carbocycles. The predicted molar refractivity (Wildman–Crippen MR) is 79.2 cm³/mol. The number of hydrogen-bond acceptors (Lipinski definition) is 4. The molecule has 1 unspecified atom stereocenters. The van der Waals surface area contributed by atoms with Crippen LogP contribution in [0.2, 0.25) is 0 Å². The van der Waals surface area contributed by atoms with Crippen LogP contribution in [0.25, 0.3) is 0 Å². The number of fused-ring (bicyclic) bond motifs is 1. The summed E-state index contributed by atoms with van der Waals surface area (Å²) in [6.45, 7) is 5.98. The first-order valence-electron chi connectivity index (χ1n) is 7.54. The van der Waals surface area contributed by atoms with Crippen LogP contribution in [0.5, 0.6) is 5.75 Å². The molecule has 0 bridgehead atoms. The highest BCUT2D eigenvalue weighted by Crippen LogP contribution is 2.25. The Hall–Kier alpha value is -1.10. The largest absolute Gasteiger partial charge is 0.493 e. The van der Waals surface area contributed by atoms with Gasteiger partial charge in [0.1, 0.15) is 5.75 Å². The van der Waals surface area contributed by atoms with Crippen LogP contribution < -0.4 is 10.1 Å². The summed E-state index contributed by atoms with van der Waals surface area (Å²) >= 11 is 0. The van der Waals surface area contributed by atoms with Crippen molar-refractivity contribution in [3.63, 3.8) is 0 Å². The van der Waals surface area contributed by atoms with Gasteiger partial charge in [-0.05, 0) is 30.2 Å². The van der Waals surface area contributed by atoms with Gasteiger partial charge in [-0.25, -0.2) is 0 Å². The molecule has 0 aromatic heterocycles. The molecule has 4 heteroatoms. The van der Waals surface area contributed by atoms with Gasteiger partial charge < -0.3 is 14.8 Å². The number of nitrogens with zero attached hydrogens (tertiary/aromatic N) is 1. The molecule has 110 valence electrons. The summed E-state index contributed by atoms with van der Waals surface area (Å²) in [5, 5.41) is 3.67. The van der Waals surface area contributed by atoms with Gasteiger partial charge in [-0.3, -0.25) is 4.90 Å². The van der Waals surface area contributed by atoms with Gasteiger partial charge in [-0.1, -0.05) is 12.1 Å². The molecule has 1 N–H and O–H groups in total. The van der Waals surface area contributed by atoms with E-state index in [1.165, 1.54) is 24.1 Å². The average Bonchev–Trinajstić information content (AvgIpc) is 3.11. The van der Waals surface area contributed by atoms with Crippen molar-refractivity contribution in [2.45, 2.75) is 25.4 Å². The second-order valence-corrected chi connectivity index (χ2v) is 5.70. The number of benzene rings is 1. The van der Waals surface area contributed by atoms with Crippen LogP contribution in [-0.4, -0.2) is 50.9 Å². The molecule has 0 aliphatic carbocycles. The first-order chi connectivity index (χ1) is 9.85. The number of ether oxygens (including phenoxy) is 2. The Morgan fingerprint density at radius 2 is 2.40 bits per heavy atom. The van der Waals surface area contributed by atoms with Gasteiger partial charge in [-0.2, -0.15) is 0 Å². The Balaban J connectivity index is 1.46. The van der Waals surface area contributed by atoms with Crippen molar-refractivity contribution >= 4 is 0 Å². The third kappa shape index (κ3) is 3.32. The maximum Gasteiger partial charge on any atom is 0.122 e. The first kappa shape index (κ1) is 13.9. The summed E-state index contributed by atoms with van der Waals surface area (Å²) in [4.78, 5) is 2.47. The van der Waals surface area contributed by atoms with E-state index in [1.807, 2.05) is 0 Å². The first-order valence-corrected chi connectivity index (χ1v) is 7.54. The minimum Gasteiger partial charge on any atom is -0.493 e. The molecule has 2 aliphatic rings. The van der Waals surface area contributed by atoms with Crippen molar-refractivity contribution in [3.8, 4) is 5.75 Å². The summed E-state index contributed by atoms with van der Waals surface area (Å²) < 4.78 is 10.7. The van der Waals surface area contributed by atoms with Crippen LogP contribution in [0.3, 0.4) is 0 Å². The Morgan fingerprint density at radius 1 is 1.45 bits per heavy atom. The average molecular weight is 276 g/mol. The fourth-order valence-electron chi connectivity index (χ4n) is 3.03. The zero-order valence-corrected chi connectivity index (χ0v) is 12.2. The van der Waals surface area contributed by atoms with Gasteiger partial charge in [0.15, 0.2) is 0 Å². The number of nitrogens with one attached hydrogen (secondary N) is 1. The van der Waals surface area contributed by atoms with Crippen molar-refractivity contribution < 1.29 is 9.47 Å². The molecule has 1 aromatic rings. The van der Waals surface area contributed by atoms with Crippen LogP contribution in [-0.2, 0) is 17.7 Å². The van der Waals surface area contributed by atoms with Crippen molar-refractivity contribution in [1.29, 1.82) is 0 Å². The summed E-state index contributed by atoms with van der Waals surface area (Å²) in [5.74, 6) is 1.07. The van der Waals surface area contributed by atoms with E-state index in [1.54, 1.807) is 7.11 Å². The Morgan fingerprint density at radius 3 is 3.30 bits per heavy atom. The number of hydrogen-bond donors (Lipinski definition) is 1. The standard InChI is InChI=1S/C16H24N2O2/c1-19-9-7-18-6-4-15(12-18)17-11-13-2-3-16-14(10-13)5-8-20-16/h2-3,10,15,17H,4-9,11-12H2,1H3. The van der Waals surface area contributed by atoms with Crippen LogP contribution in [0, 0.1) is 0 Å². The van der Waals surface area contributed by atoms with Crippen LogP contribution in [0.1, 0.15) is 17.5 Å². The van der Waals surface area contributed by atoms with Crippen molar-refractivity contribution in [2.24, 2.45) is 0 Å². The van der Waals surface area contributed by atoms with Gasteiger partial charge in [0.05, 0.1) is 13.2 Å². The van der Waals surface area contributed by atoms with Crippen molar-refractivity contribution in [3.05, 3.63) is 29.3 Å².